The van der Waals surface area contributed by atoms with Gasteiger partial charge in [-0.15, -0.1) is 0 Å². The number of rotatable bonds is 5. The predicted molar refractivity (Wildman–Crippen MR) is 91.4 cm³/mol. The summed E-state index contributed by atoms with van der Waals surface area (Å²) >= 11 is 0. The predicted octanol–water partition coefficient (Wildman–Crippen LogP) is 2.79. The van der Waals surface area contributed by atoms with Crippen LogP contribution >= 0.6 is 0 Å². The Kier molecular flexibility index (Phi) is 4.38. The van der Waals surface area contributed by atoms with E-state index in [1.165, 1.54) is 0 Å². The van der Waals surface area contributed by atoms with E-state index in [1.54, 1.807) is 24.3 Å². The molecule has 3 aromatic rings. The van der Waals surface area contributed by atoms with E-state index in [1.807, 2.05) is 36.4 Å². The third-order valence-corrected chi connectivity index (χ3v) is 3.42. The molecule has 1 aromatic heterocycles. The Morgan fingerprint density at radius 1 is 0.958 bits per heavy atom. The fourth-order valence-corrected chi connectivity index (χ4v) is 2.25. The molecule has 3 rings (SSSR count). The van der Waals surface area contributed by atoms with E-state index in [4.69, 9.17) is 5.11 Å². The fourth-order valence-electron chi connectivity index (χ4n) is 2.25. The minimum atomic E-state index is -1.08. The molecule has 0 radical (unpaired) electrons. The summed E-state index contributed by atoms with van der Waals surface area (Å²) in [6.45, 7) is -0.403. The molecular formula is C18H15N3O3. The molecule has 6 heteroatoms. The number of pyridine rings is 1. The second kappa shape index (κ2) is 6.78. The molecule has 0 atom stereocenters. The fraction of sp³-hybridized carbons (Fsp3) is 0.0556. The molecule has 0 aliphatic rings. The van der Waals surface area contributed by atoms with E-state index in [0.717, 1.165) is 16.6 Å². The molecule has 24 heavy (non-hydrogen) atoms. The molecule has 0 saturated heterocycles. The van der Waals surface area contributed by atoms with Gasteiger partial charge in [0.05, 0.1) is 5.52 Å². The summed E-state index contributed by atoms with van der Waals surface area (Å²) in [6, 6.07) is 18.4. The van der Waals surface area contributed by atoms with E-state index in [2.05, 4.69) is 15.6 Å². The van der Waals surface area contributed by atoms with E-state index in [9.17, 15) is 9.59 Å². The highest BCUT2D eigenvalue weighted by Gasteiger charge is 2.07. The lowest BCUT2D eigenvalue weighted by molar-refractivity contribution is -0.135. The molecule has 0 saturated carbocycles. The molecule has 0 fully saturated rings. The SMILES string of the molecule is O=C(O)CNC(=O)c1ccc(Nc2ccc3ccccc3n2)cc1. The molecule has 1 heterocycles. The number of carbonyl (C=O) groups excluding carboxylic acids is 1. The summed E-state index contributed by atoms with van der Waals surface area (Å²) in [5, 5.41) is 15.1. The number of carbonyl (C=O) groups is 2. The van der Waals surface area contributed by atoms with Crippen molar-refractivity contribution >= 4 is 34.3 Å². The lowest BCUT2D eigenvalue weighted by atomic mass is 10.2. The van der Waals surface area contributed by atoms with Gasteiger partial charge in [-0.3, -0.25) is 9.59 Å². The average Bonchev–Trinajstić information content (AvgIpc) is 2.60. The van der Waals surface area contributed by atoms with E-state index >= 15 is 0 Å². The van der Waals surface area contributed by atoms with Crippen molar-refractivity contribution in [2.75, 3.05) is 11.9 Å². The largest absolute Gasteiger partial charge is 0.480 e. The zero-order valence-electron chi connectivity index (χ0n) is 12.7. The zero-order valence-corrected chi connectivity index (χ0v) is 12.7. The second-order valence-electron chi connectivity index (χ2n) is 5.17. The highest BCUT2D eigenvalue weighted by molar-refractivity contribution is 5.96. The smallest absolute Gasteiger partial charge is 0.322 e. The van der Waals surface area contributed by atoms with E-state index in [0.29, 0.717) is 11.4 Å². The highest BCUT2D eigenvalue weighted by atomic mass is 16.4. The van der Waals surface area contributed by atoms with Gasteiger partial charge in [-0.1, -0.05) is 18.2 Å². The summed E-state index contributed by atoms with van der Waals surface area (Å²) in [5.41, 5.74) is 2.08. The van der Waals surface area contributed by atoms with Crippen LogP contribution in [-0.2, 0) is 4.79 Å². The Hall–Kier alpha value is -3.41. The Morgan fingerprint density at radius 2 is 1.71 bits per heavy atom. The van der Waals surface area contributed by atoms with Crippen LogP contribution < -0.4 is 10.6 Å². The molecule has 3 N–H and O–H groups in total. The number of benzene rings is 2. The van der Waals surface area contributed by atoms with Gasteiger partial charge < -0.3 is 15.7 Å². The van der Waals surface area contributed by atoms with Gasteiger partial charge in [0.1, 0.15) is 12.4 Å². The first-order chi connectivity index (χ1) is 11.6. The number of aromatic nitrogens is 1. The van der Waals surface area contributed by atoms with Crippen molar-refractivity contribution < 1.29 is 14.7 Å². The Bertz CT molecular complexity index is 891. The van der Waals surface area contributed by atoms with Crippen LogP contribution in [0.1, 0.15) is 10.4 Å². The summed E-state index contributed by atoms with van der Waals surface area (Å²) in [7, 11) is 0. The third-order valence-electron chi connectivity index (χ3n) is 3.42. The number of carboxylic acid groups (broad SMARTS) is 1. The number of hydrogen-bond acceptors (Lipinski definition) is 4. The molecule has 0 aliphatic heterocycles. The van der Waals surface area contributed by atoms with Gasteiger partial charge in [0.25, 0.3) is 5.91 Å². The summed E-state index contributed by atoms with van der Waals surface area (Å²) < 4.78 is 0. The molecule has 0 bridgehead atoms. The molecule has 0 aliphatic carbocycles. The number of aliphatic carboxylic acids is 1. The Labute approximate surface area is 138 Å². The van der Waals surface area contributed by atoms with Crippen LogP contribution in [0.15, 0.2) is 60.7 Å². The van der Waals surface area contributed by atoms with Crippen LogP contribution in [0, 0.1) is 0 Å². The molecule has 1 amide bonds. The Morgan fingerprint density at radius 3 is 2.46 bits per heavy atom. The van der Waals surface area contributed by atoms with Gasteiger partial charge in [-0.2, -0.15) is 0 Å². The summed E-state index contributed by atoms with van der Waals surface area (Å²) in [4.78, 5) is 26.7. The van der Waals surface area contributed by atoms with Gasteiger partial charge in [-0.25, -0.2) is 4.98 Å². The number of carboxylic acids is 1. The van der Waals surface area contributed by atoms with Gasteiger partial charge in [0.2, 0.25) is 0 Å². The molecule has 6 nitrogen and oxygen atoms in total. The lowest BCUT2D eigenvalue weighted by Crippen LogP contribution is -2.29. The van der Waals surface area contributed by atoms with E-state index in [-0.39, 0.29) is 0 Å². The quantitative estimate of drug-likeness (QED) is 0.672. The van der Waals surface area contributed by atoms with Crippen molar-refractivity contribution in [2.24, 2.45) is 0 Å². The van der Waals surface area contributed by atoms with Crippen LogP contribution in [0.25, 0.3) is 10.9 Å². The molecule has 120 valence electrons. The standard InChI is InChI=1S/C18H15N3O3/c22-17(23)11-19-18(24)13-5-8-14(9-6-13)20-16-10-7-12-3-1-2-4-15(12)21-16/h1-10H,11H2,(H,19,24)(H,20,21)(H,22,23). The van der Waals surface area contributed by atoms with Crippen LogP contribution in [-0.4, -0.2) is 28.5 Å². The van der Waals surface area contributed by atoms with Gasteiger partial charge in [0, 0.05) is 16.6 Å². The minimum absolute atomic E-state index is 0.397. The first-order valence-electron chi connectivity index (χ1n) is 7.35. The van der Waals surface area contributed by atoms with Crippen molar-refractivity contribution in [3.63, 3.8) is 0 Å². The van der Waals surface area contributed by atoms with Crippen molar-refractivity contribution in [3.8, 4) is 0 Å². The molecular weight excluding hydrogens is 306 g/mol. The first-order valence-corrected chi connectivity index (χ1v) is 7.35. The summed E-state index contributed by atoms with van der Waals surface area (Å²) in [5.74, 6) is -0.798. The minimum Gasteiger partial charge on any atom is -0.480 e. The number of anilines is 2. The monoisotopic (exact) mass is 321 g/mol. The first kappa shape index (κ1) is 15.5. The van der Waals surface area contributed by atoms with Crippen molar-refractivity contribution in [1.29, 1.82) is 0 Å². The van der Waals surface area contributed by atoms with Crippen LogP contribution in [0.5, 0.6) is 0 Å². The average molecular weight is 321 g/mol. The van der Waals surface area contributed by atoms with Crippen LogP contribution in [0.2, 0.25) is 0 Å². The highest BCUT2D eigenvalue weighted by Crippen LogP contribution is 2.19. The number of nitrogens with one attached hydrogen (secondary N) is 2. The number of amides is 1. The normalized spacial score (nSPS) is 10.3. The van der Waals surface area contributed by atoms with Crippen molar-refractivity contribution in [2.45, 2.75) is 0 Å². The number of nitrogens with zero attached hydrogens (tertiary/aromatic N) is 1. The number of hydrogen-bond donors (Lipinski definition) is 3. The third kappa shape index (κ3) is 3.67. The maximum atomic E-state index is 11.8. The van der Waals surface area contributed by atoms with Crippen LogP contribution in [0.3, 0.4) is 0 Å². The second-order valence-corrected chi connectivity index (χ2v) is 5.17. The molecule has 0 unspecified atom stereocenters. The van der Waals surface area contributed by atoms with Gasteiger partial charge >= 0.3 is 5.97 Å². The van der Waals surface area contributed by atoms with Crippen LogP contribution in [0.4, 0.5) is 11.5 Å². The molecule has 2 aromatic carbocycles. The lowest BCUT2D eigenvalue weighted by Gasteiger charge is -2.08. The Balaban J connectivity index is 1.71. The van der Waals surface area contributed by atoms with Crippen molar-refractivity contribution in [3.05, 3.63) is 66.2 Å². The summed E-state index contributed by atoms with van der Waals surface area (Å²) in [6.07, 6.45) is 0. The molecule has 0 spiro atoms. The van der Waals surface area contributed by atoms with Gasteiger partial charge in [0.15, 0.2) is 0 Å². The zero-order chi connectivity index (χ0) is 16.9. The van der Waals surface area contributed by atoms with E-state index < -0.39 is 18.4 Å². The number of para-hydroxylation sites is 1. The topological polar surface area (TPSA) is 91.3 Å². The van der Waals surface area contributed by atoms with Gasteiger partial charge in [-0.05, 0) is 42.5 Å². The maximum Gasteiger partial charge on any atom is 0.322 e. The maximum absolute atomic E-state index is 11.8. The van der Waals surface area contributed by atoms with Crippen molar-refractivity contribution in [1.82, 2.24) is 10.3 Å². The number of fused-ring (bicyclic) bond motifs is 1.